The van der Waals surface area contributed by atoms with Gasteiger partial charge in [0.15, 0.2) is 11.5 Å². The monoisotopic (exact) mass is 309 g/mol. The van der Waals surface area contributed by atoms with E-state index in [1.54, 1.807) is 6.07 Å². The summed E-state index contributed by atoms with van der Waals surface area (Å²) in [6.45, 7) is 0.504. The predicted molar refractivity (Wildman–Crippen MR) is 74.8 cm³/mol. The van der Waals surface area contributed by atoms with Crippen LogP contribution >= 0.6 is 0 Å². The van der Waals surface area contributed by atoms with Crippen LogP contribution in [0.25, 0.3) is 0 Å². The summed E-state index contributed by atoms with van der Waals surface area (Å²) in [5.41, 5.74) is 0. The van der Waals surface area contributed by atoms with Crippen LogP contribution in [0.15, 0.2) is 41.6 Å². The fourth-order valence-corrected chi connectivity index (χ4v) is 3.21. The molecule has 112 valence electrons. The third-order valence-electron chi connectivity index (χ3n) is 3.21. The van der Waals surface area contributed by atoms with Crippen LogP contribution in [0.3, 0.4) is 0 Å². The maximum Gasteiger partial charge on any atom is 0.246 e. The number of ether oxygens (including phenoxy) is 2. The lowest BCUT2D eigenvalue weighted by atomic mass is 10.2. The second-order valence-electron chi connectivity index (χ2n) is 4.72. The van der Waals surface area contributed by atoms with Gasteiger partial charge in [-0.15, -0.1) is 0 Å². The van der Waals surface area contributed by atoms with Crippen molar-refractivity contribution in [2.45, 2.75) is 11.0 Å². The van der Waals surface area contributed by atoms with Gasteiger partial charge in [0.2, 0.25) is 10.0 Å². The van der Waals surface area contributed by atoms with E-state index in [4.69, 9.17) is 9.47 Å². The third-order valence-corrected chi connectivity index (χ3v) is 5.00. The zero-order valence-corrected chi connectivity index (χ0v) is 12.2. The highest BCUT2D eigenvalue weighted by Crippen LogP contribution is 2.31. The normalized spacial score (nSPS) is 17.9. The first-order chi connectivity index (χ1) is 10.1. The van der Waals surface area contributed by atoms with Crippen LogP contribution in [0, 0.1) is 0 Å². The maximum absolute atomic E-state index is 12.3. The Labute approximate surface area is 122 Å². The molecule has 0 fully saturated rings. The molecule has 0 saturated carbocycles. The molecule has 2 heterocycles. The van der Waals surface area contributed by atoms with Gasteiger partial charge >= 0.3 is 0 Å². The average molecular weight is 309 g/mol. The van der Waals surface area contributed by atoms with E-state index in [2.05, 4.69) is 10.2 Å². The van der Waals surface area contributed by atoms with E-state index in [0.29, 0.717) is 18.1 Å². The Morgan fingerprint density at radius 1 is 1.38 bits per heavy atom. The van der Waals surface area contributed by atoms with Crippen LogP contribution in [0.1, 0.15) is 0 Å². The summed E-state index contributed by atoms with van der Waals surface area (Å²) in [5.74, 6) is 1.30. The molecule has 1 N–H and O–H groups in total. The first-order valence-electron chi connectivity index (χ1n) is 6.41. The number of nitrogens with zero attached hydrogens (tertiary/aromatic N) is 2. The molecule has 1 atom stereocenters. The van der Waals surface area contributed by atoms with E-state index in [1.807, 2.05) is 18.2 Å². The van der Waals surface area contributed by atoms with Crippen molar-refractivity contribution in [3.63, 3.8) is 0 Å². The second kappa shape index (κ2) is 5.38. The minimum atomic E-state index is -3.57. The molecule has 1 unspecified atom stereocenters. The standard InChI is InChI=1S/C13H15N3O4S/c1-16(21(17,18)11-6-14-15-7-11)8-10-9-19-12-4-2-3-5-13(12)20-10/h2-7,10H,8-9H2,1H3,(H,14,15). The molecule has 1 aliphatic heterocycles. The number of aromatic nitrogens is 2. The van der Waals surface area contributed by atoms with E-state index in [-0.39, 0.29) is 17.5 Å². The topological polar surface area (TPSA) is 84.5 Å². The number of fused-ring (bicyclic) bond motifs is 1. The molecule has 1 aromatic carbocycles. The van der Waals surface area contributed by atoms with Crippen molar-refractivity contribution < 1.29 is 17.9 Å². The molecular weight excluding hydrogens is 294 g/mol. The summed E-state index contributed by atoms with van der Waals surface area (Å²) in [5, 5.41) is 6.16. The maximum atomic E-state index is 12.3. The minimum absolute atomic E-state index is 0.127. The highest BCUT2D eigenvalue weighted by molar-refractivity contribution is 7.89. The van der Waals surface area contributed by atoms with Crippen molar-refractivity contribution in [3.8, 4) is 11.5 Å². The van der Waals surface area contributed by atoms with Crippen LogP contribution < -0.4 is 9.47 Å². The zero-order valence-electron chi connectivity index (χ0n) is 11.4. The van der Waals surface area contributed by atoms with Gasteiger partial charge in [-0.05, 0) is 12.1 Å². The molecule has 0 bridgehead atoms. The van der Waals surface area contributed by atoms with Gasteiger partial charge in [0, 0.05) is 13.2 Å². The Kier molecular flexibility index (Phi) is 3.56. The Balaban J connectivity index is 1.71. The molecule has 0 aliphatic carbocycles. The fourth-order valence-electron chi connectivity index (χ4n) is 2.10. The van der Waals surface area contributed by atoms with Gasteiger partial charge in [-0.2, -0.15) is 9.40 Å². The molecule has 8 heteroatoms. The molecule has 1 aromatic heterocycles. The van der Waals surface area contributed by atoms with Crippen LogP contribution in [0.5, 0.6) is 11.5 Å². The highest BCUT2D eigenvalue weighted by Gasteiger charge is 2.28. The van der Waals surface area contributed by atoms with E-state index in [9.17, 15) is 8.42 Å². The first kappa shape index (κ1) is 13.9. The molecule has 7 nitrogen and oxygen atoms in total. The van der Waals surface area contributed by atoms with Crippen LogP contribution in [0.2, 0.25) is 0 Å². The highest BCUT2D eigenvalue weighted by atomic mass is 32.2. The summed E-state index contributed by atoms with van der Waals surface area (Å²) < 4.78 is 37.1. The number of likely N-dealkylation sites (N-methyl/N-ethyl adjacent to an activating group) is 1. The lowest BCUT2D eigenvalue weighted by Crippen LogP contribution is -2.41. The molecule has 1 aliphatic rings. The van der Waals surface area contributed by atoms with Crippen LogP contribution in [0.4, 0.5) is 0 Å². The smallest absolute Gasteiger partial charge is 0.246 e. The van der Waals surface area contributed by atoms with Gasteiger partial charge in [-0.25, -0.2) is 8.42 Å². The molecular formula is C13H15N3O4S. The van der Waals surface area contributed by atoms with Crippen molar-refractivity contribution in [3.05, 3.63) is 36.7 Å². The number of hydrogen-bond acceptors (Lipinski definition) is 5. The van der Waals surface area contributed by atoms with Crippen molar-refractivity contribution in [1.29, 1.82) is 0 Å². The van der Waals surface area contributed by atoms with E-state index in [0.717, 1.165) is 0 Å². The number of benzene rings is 1. The summed E-state index contributed by atoms with van der Waals surface area (Å²) >= 11 is 0. The number of nitrogens with one attached hydrogen (secondary N) is 1. The summed E-state index contributed by atoms with van der Waals surface area (Å²) in [4.78, 5) is 0.127. The van der Waals surface area contributed by atoms with Gasteiger partial charge in [-0.1, -0.05) is 12.1 Å². The molecule has 21 heavy (non-hydrogen) atoms. The van der Waals surface area contributed by atoms with Gasteiger partial charge in [0.25, 0.3) is 0 Å². The Hall–Kier alpha value is -2.06. The number of rotatable bonds is 4. The Morgan fingerprint density at radius 2 is 2.14 bits per heavy atom. The van der Waals surface area contributed by atoms with Gasteiger partial charge in [0.05, 0.1) is 12.7 Å². The van der Waals surface area contributed by atoms with Crippen molar-refractivity contribution in [2.75, 3.05) is 20.2 Å². The molecule has 0 saturated heterocycles. The van der Waals surface area contributed by atoms with Crippen molar-refractivity contribution >= 4 is 10.0 Å². The minimum Gasteiger partial charge on any atom is -0.486 e. The van der Waals surface area contributed by atoms with Gasteiger partial charge < -0.3 is 9.47 Å². The summed E-state index contributed by atoms with van der Waals surface area (Å²) in [6.07, 6.45) is 2.27. The number of para-hydroxylation sites is 2. The molecule has 3 rings (SSSR count). The Morgan fingerprint density at radius 3 is 2.86 bits per heavy atom. The molecule has 0 amide bonds. The number of sulfonamides is 1. The largest absolute Gasteiger partial charge is 0.486 e. The van der Waals surface area contributed by atoms with Crippen molar-refractivity contribution in [1.82, 2.24) is 14.5 Å². The first-order valence-corrected chi connectivity index (χ1v) is 7.85. The molecule has 0 spiro atoms. The molecule has 2 aromatic rings. The van der Waals surface area contributed by atoms with Gasteiger partial charge in [0.1, 0.15) is 17.6 Å². The number of aromatic amines is 1. The van der Waals surface area contributed by atoms with E-state index < -0.39 is 10.0 Å². The van der Waals surface area contributed by atoms with Crippen LogP contribution in [-0.4, -0.2) is 49.2 Å². The third kappa shape index (κ3) is 2.72. The van der Waals surface area contributed by atoms with Crippen LogP contribution in [-0.2, 0) is 10.0 Å². The fraction of sp³-hybridized carbons (Fsp3) is 0.308. The number of H-pyrrole nitrogens is 1. The van der Waals surface area contributed by atoms with E-state index in [1.165, 1.54) is 23.7 Å². The quantitative estimate of drug-likeness (QED) is 0.906. The predicted octanol–water partition coefficient (Wildman–Crippen LogP) is 0.870. The average Bonchev–Trinajstić information content (AvgIpc) is 3.02. The van der Waals surface area contributed by atoms with Gasteiger partial charge in [-0.3, -0.25) is 5.10 Å². The second-order valence-corrected chi connectivity index (χ2v) is 6.76. The Bertz CT molecular complexity index is 715. The molecule has 0 radical (unpaired) electrons. The van der Waals surface area contributed by atoms with Crippen molar-refractivity contribution in [2.24, 2.45) is 0 Å². The number of hydrogen-bond donors (Lipinski definition) is 1. The summed E-state index contributed by atoms with van der Waals surface area (Å²) in [7, 11) is -2.06. The zero-order chi connectivity index (χ0) is 14.9. The van der Waals surface area contributed by atoms with E-state index >= 15 is 0 Å². The lowest BCUT2D eigenvalue weighted by molar-refractivity contribution is 0.0798. The summed E-state index contributed by atoms with van der Waals surface area (Å²) in [6, 6.07) is 7.32. The lowest BCUT2D eigenvalue weighted by Gasteiger charge is -2.29. The SMILES string of the molecule is CN(CC1COc2ccccc2O1)S(=O)(=O)c1cn[nH]c1.